The van der Waals surface area contributed by atoms with Gasteiger partial charge >= 0.3 is 0 Å². The molecule has 0 bridgehead atoms. The predicted octanol–water partition coefficient (Wildman–Crippen LogP) is 0.601. The molecule has 0 saturated carbocycles. The number of carbonyl (C=O) groups excluding carboxylic acids is 1. The second kappa shape index (κ2) is 2.91. The molecule has 0 aromatic rings. The first-order valence-electron chi connectivity index (χ1n) is 4.26. The van der Waals surface area contributed by atoms with Crippen LogP contribution in [0.1, 0.15) is 19.3 Å². The van der Waals surface area contributed by atoms with Gasteiger partial charge in [0.15, 0.2) is 0 Å². The number of fused-ring (bicyclic) bond motifs is 1. The first kappa shape index (κ1) is 7.25. The Kier molecular flexibility index (Phi) is 1.92. The van der Waals surface area contributed by atoms with Crippen molar-refractivity contribution in [3.63, 3.8) is 0 Å². The predicted molar refractivity (Wildman–Crippen MR) is 39.9 cm³/mol. The van der Waals surface area contributed by atoms with E-state index in [1.807, 2.05) is 5.06 Å². The zero-order valence-electron chi connectivity index (χ0n) is 6.53. The quantitative estimate of drug-likeness (QED) is 0.519. The van der Waals surface area contributed by atoms with Crippen LogP contribution in [0.15, 0.2) is 0 Å². The minimum Gasteiger partial charge on any atom is -0.303 e. The molecule has 0 aromatic carbocycles. The minimum absolute atomic E-state index is 0.135. The van der Waals surface area contributed by atoms with Gasteiger partial charge in [-0.25, -0.2) is 0 Å². The number of piperidine rings is 1. The van der Waals surface area contributed by atoms with Gasteiger partial charge in [0.25, 0.3) is 0 Å². The van der Waals surface area contributed by atoms with Crippen molar-refractivity contribution < 1.29 is 9.63 Å². The van der Waals surface area contributed by atoms with Gasteiger partial charge in [0.2, 0.25) is 0 Å². The molecule has 3 nitrogen and oxygen atoms in total. The highest BCUT2D eigenvalue weighted by Gasteiger charge is 2.36. The van der Waals surface area contributed by atoms with E-state index in [9.17, 15) is 4.79 Å². The van der Waals surface area contributed by atoms with E-state index < -0.39 is 0 Å². The summed E-state index contributed by atoms with van der Waals surface area (Å²) in [6.07, 6.45) is 4.62. The summed E-state index contributed by atoms with van der Waals surface area (Å²) in [7, 11) is 0. The zero-order valence-corrected chi connectivity index (χ0v) is 6.53. The lowest BCUT2D eigenvalue weighted by Crippen LogP contribution is -2.36. The van der Waals surface area contributed by atoms with Crippen molar-refractivity contribution in [1.82, 2.24) is 5.06 Å². The van der Waals surface area contributed by atoms with Crippen molar-refractivity contribution in [2.24, 2.45) is 5.92 Å². The van der Waals surface area contributed by atoms with Crippen molar-refractivity contribution in [1.29, 1.82) is 0 Å². The molecule has 0 spiro atoms. The maximum Gasteiger partial charge on any atom is 0.127 e. The Hall–Kier alpha value is -0.410. The first-order valence-corrected chi connectivity index (χ1v) is 4.26. The van der Waals surface area contributed by atoms with Crippen molar-refractivity contribution in [3.05, 3.63) is 0 Å². The molecule has 0 N–H and O–H groups in total. The van der Waals surface area contributed by atoms with E-state index in [-0.39, 0.29) is 5.92 Å². The summed E-state index contributed by atoms with van der Waals surface area (Å²) in [5.74, 6) is 0.135. The van der Waals surface area contributed by atoms with Gasteiger partial charge in [-0.3, -0.25) is 4.84 Å². The number of nitrogens with zero attached hydrogens (tertiary/aromatic N) is 1. The van der Waals surface area contributed by atoms with E-state index >= 15 is 0 Å². The average Bonchev–Trinajstić information content (AvgIpc) is 2.47. The maximum absolute atomic E-state index is 10.6. The molecule has 0 radical (unpaired) electrons. The third-order valence-electron chi connectivity index (χ3n) is 2.60. The second-order valence-electron chi connectivity index (χ2n) is 3.30. The second-order valence-corrected chi connectivity index (χ2v) is 3.30. The summed E-state index contributed by atoms with van der Waals surface area (Å²) >= 11 is 0. The van der Waals surface area contributed by atoms with Gasteiger partial charge in [-0.1, -0.05) is 6.42 Å². The van der Waals surface area contributed by atoms with Gasteiger partial charge in [0, 0.05) is 12.6 Å². The topological polar surface area (TPSA) is 29.5 Å². The van der Waals surface area contributed by atoms with Crippen LogP contribution in [-0.2, 0) is 9.63 Å². The molecule has 2 atom stereocenters. The summed E-state index contributed by atoms with van der Waals surface area (Å²) in [6.45, 7) is 1.61. The van der Waals surface area contributed by atoms with Gasteiger partial charge in [-0.05, 0) is 12.8 Å². The Labute approximate surface area is 66.3 Å². The van der Waals surface area contributed by atoms with Crippen LogP contribution >= 0.6 is 0 Å². The Morgan fingerprint density at radius 3 is 3.18 bits per heavy atom. The SMILES string of the molecule is O=C[C@@H]1CON2CCCC[C@@H]12. The summed E-state index contributed by atoms with van der Waals surface area (Å²) in [4.78, 5) is 15.9. The van der Waals surface area contributed by atoms with Gasteiger partial charge < -0.3 is 4.79 Å². The van der Waals surface area contributed by atoms with Gasteiger partial charge in [-0.2, -0.15) is 5.06 Å². The summed E-state index contributed by atoms with van der Waals surface area (Å²) in [5.41, 5.74) is 0. The van der Waals surface area contributed by atoms with Crippen LogP contribution in [0, 0.1) is 5.92 Å². The highest BCUT2D eigenvalue weighted by molar-refractivity contribution is 5.55. The Balaban J connectivity index is 2.03. The maximum atomic E-state index is 10.6. The minimum atomic E-state index is 0.135. The van der Waals surface area contributed by atoms with Crippen LogP contribution in [0.25, 0.3) is 0 Å². The van der Waals surface area contributed by atoms with Gasteiger partial charge in [0.1, 0.15) is 6.29 Å². The van der Waals surface area contributed by atoms with Crippen molar-refractivity contribution in [2.75, 3.05) is 13.2 Å². The highest BCUT2D eigenvalue weighted by atomic mass is 16.7. The molecule has 2 aliphatic heterocycles. The van der Waals surface area contributed by atoms with Crippen molar-refractivity contribution in [3.8, 4) is 0 Å². The molecule has 2 heterocycles. The lowest BCUT2D eigenvalue weighted by Gasteiger charge is -2.28. The third kappa shape index (κ3) is 1.19. The number of aldehydes is 1. The first-order chi connectivity index (χ1) is 5.42. The molecule has 62 valence electrons. The van der Waals surface area contributed by atoms with Crippen LogP contribution < -0.4 is 0 Å². The molecule has 3 heteroatoms. The Morgan fingerprint density at radius 1 is 1.45 bits per heavy atom. The van der Waals surface area contributed by atoms with Crippen LogP contribution in [0.2, 0.25) is 0 Å². The smallest absolute Gasteiger partial charge is 0.127 e. The molecule has 11 heavy (non-hydrogen) atoms. The van der Waals surface area contributed by atoms with Crippen molar-refractivity contribution in [2.45, 2.75) is 25.3 Å². The van der Waals surface area contributed by atoms with Crippen LogP contribution in [0.5, 0.6) is 0 Å². The monoisotopic (exact) mass is 155 g/mol. The molecule has 0 aromatic heterocycles. The standard InChI is InChI=1S/C8H13NO2/c10-5-7-6-11-9-4-2-1-3-8(7)9/h5,7-8H,1-4,6H2/t7-,8+/m1/s1. The molecule has 0 unspecified atom stereocenters. The number of hydroxylamine groups is 2. The number of hydrogen-bond acceptors (Lipinski definition) is 3. The highest BCUT2D eigenvalue weighted by Crippen LogP contribution is 2.28. The van der Waals surface area contributed by atoms with Gasteiger partial charge in [-0.15, -0.1) is 0 Å². The summed E-state index contributed by atoms with van der Waals surface area (Å²) in [5, 5.41) is 1.99. The van der Waals surface area contributed by atoms with E-state index in [0.717, 1.165) is 19.3 Å². The van der Waals surface area contributed by atoms with E-state index in [4.69, 9.17) is 4.84 Å². The molecular weight excluding hydrogens is 142 g/mol. The number of hydrogen-bond donors (Lipinski definition) is 0. The van der Waals surface area contributed by atoms with E-state index in [1.165, 1.54) is 12.8 Å². The third-order valence-corrected chi connectivity index (χ3v) is 2.60. The van der Waals surface area contributed by atoms with Crippen LogP contribution in [0.3, 0.4) is 0 Å². The molecule has 0 amide bonds. The lowest BCUT2D eigenvalue weighted by atomic mass is 9.95. The fourth-order valence-corrected chi connectivity index (χ4v) is 1.94. The van der Waals surface area contributed by atoms with Gasteiger partial charge in [0.05, 0.1) is 12.5 Å². The summed E-state index contributed by atoms with van der Waals surface area (Å²) < 4.78 is 0. The zero-order chi connectivity index (χ0) is 7.68. The van der Waals surface area contributed by atoms with Crippen molar-refractivity contribution >= 4 is 6.29 Å². The van der Waals surface area contributed by atoms with Crippen LogP contribution in [-0.4, -0.2) is 30.5 Å². The molecule has 0 aliphatic carbocycles. The largest absolute Gasteiger partial charge is 0.303 e. The molecule has 2 fully saturated rings. The van der Waals surface area contributed by atoms with E-state index in [1.54, 1.807) is 0 Å². The molecule has 2 aliphatic rings. The lowest BCUT2D eigenvalue weighted by molar-refractivity contribution is -0.142. The molecular formula is C8H13NO2. The molecule has 2 rings (SSSR count). The Bertz CT molecular complexity index is 160. The number of rotatable bonds is 1. The fourth-order valence-electron chi connectivity index (χ4n) is 1.94. The normalized spacial score (nSPS) is 38.5. The fraction of sp³-hybridized carbons (Fsp3) is 0.875. The summed E-state index contributed by atoms with van der Waals surface area (Å²) in [6, 6.07) is 0.390. The van der Waals surface area contributed by atoms with E-state index in [0.29, 0.717) is 12.6 Å². The van der Waals surface area contributed by atoms with E-state index in [2.05, 4.69) is 0 Å². The number of carbonyl (C=O) groups is 1. The molecule has 2 saturated heterocycles. The van der Waals surface area contributed by atoms with Crippen LogP contribution in [0.4, 0.5) is 0 Å². The average molecular weight is 155 g/mol. The Morgan fingerprint density at radius 2 is 2.36 bits per heavy atom.